The highest BCUT2D eigenvalue weighted by molar-refractivity contribution is 9.10. The van der Waals surface area contributed by atoms with Crippen molar-refractivity contribution in [1.29, 1.82) is 0 Å². The van der Waals surface area contributed by atoms with Crippen LogP contribution in [-0.4, -0.2) is 25.0 Å². The maximum Gasteiger partial charge on any atom is 0.0478 e. The van der Waals surface area contributed by atoms with E-state index in [9.17, 15) is 0 Å². The van der Waals surface area contributed by atoms with Gasteiger partial charge in [-0.1, -0.05) is 47.3 Å². The Bertz CT molecular complexity index is 427. The molecule has 1 fully saturated rings. The fraction of sp³-hybridized carbons (Fsp3) is 0.647. The van der Waals surface area contributed by atoms with Crippen LogP contribution in [0, 0.1) is 12.8 Å². The van der Waals surface area contributed by atoms with Gasteiger partial charge in [0, 0.05) is 23.6 Å². The van der Waals surface area contributed by atoms with Crippen LogP contribution in [0.2, 0.25) is 0 Å². The SMILES string of the molecule is Cc1ccc(C(CN)N(C)CC2CCCCC2)c(Br)c1. The van der Waals surface area contributed by atoms with Crippen molar-refractivity contribution in [2.75, 3.05) is 20.1 Å². The maximum absolute atomic E-state index is 6.06. The molecular formula is C17H27BrN2. The van der Waals surface area contributed by atoms with E-state index in [1.807, 2.05) is 0 Å². The largest absolute Gasteiger partial charge is 0.329 e. The molecule has 0 bridgehead atoms. The van der Waals surface area contributed by atoms with E-state index in [0.29, 0.717) is 12.6 Å². The first-order valence-electron chi connectivity index (χ1n) is 7.78. The molecule has 1 aromatic rings. The number of likely N-dealkylation sites (N-methyl/N-ethyl adjacent to an activating group) is 1. The normalized spacial score (nSPS) is 18.4. The van der Waals surface area contributed by atoms with Crippen molar-refractivity contribution in [2.24, 2.45) is 11.7 Å². The molecule has 0 heterocycles. The molecule has 1 atom stereocenters. The van der Waals surface area contributed by atoms with Gasteiger partial charge in [-0.05, 0) is 49.9 Å². The lowest BCUT2D eigenvalue weighted by Gasteiger charge is -2.33. The van der Waals surface area contributed by atoms with Gasteiger partial charge < -0.3 is 5.73 Å². The maximum atomic E-state index is 6.06. The molecule has 0 radical (unpaired) electrons. The average molecular weight is 339 g/mol. The van der Waals surface area contributed by atoms with Crippen molar-refractivity contribution < 1.29 is 0 Å². The van der Waals surface area contributed by atoms with Crippen LogP contribution in [0.3, 0.4) is 0 Å². The van der Waals surface area contributed by atoms with Gasteiger partial charge in [0.25, 0.3) is 0 Å². The van der Waals surface area contributed by atoms with E-state index in [2.05, 4.69) is 53.0 Å². The Kier molecular flexibility index (Phi) is 6.06. The molecule has 0 aromatic heterocycles. The quantitative estimate of drug-likeness (QED) is 0.868. The van der Waals surface area contributed by atoms with Gasteiger partial charge in [0.2, 0.25) is 0 Å². The van der Waals surface area contributed by atoms with Gasteiger partial charge in [-0.15, -0.1) is 0 Å². The Hall–Kier alpha value is -0.380. The third kappa shape index (κ3) is 4.06. The number of nitrogens with two attached hydrogens (primary N) is 1. The minimum atomic E-state index is 0.312. The summed E-state index contributed by atoms with van der Waals surface area (Å²) in [6, 6.07) is 6.89. The zero-order chi connectivity index (χ0) is 14.5. The van der Waals surface area contributed by atoms with Crippen molar-refractivity contribution in [3.05, 3.63) is 33.8 Å². The van der Waals surface area contributed by atoms with E-state index >= 15 is 0 Å². The molecule has 20 heavy (non-hydrogen) atoms. The smallest absolute Gasteiger partial charge is 0.0478 e. The lowest BCUT2D eigenvalue weighted by molar-refractivity contribution is 0.185. The Morgan fingerprint density at radius 2 is 2.00 bits per heavy atom. The van der Waals surface area contributed by atoms with Gasteiger partial charge in [-0.3, -0.25) is 4.90 Å². The number of rotatable bonds is 5. The average Bonchev–Trinajstić information content (AvgIpc) is 2.43. The lowest BCUT2D eigenvalue weighted by Crippen LogP contribution is -2.35. The Morgan fingerprint density at radius 3 is 2.60 bits per heavy atom. The first-order chi connectivity index (χ1) is 9.61. The summed E-state index contributed by atoms with van der Waals surface area (Å²) in [6.45, 7) is 3.96. The molecule has 2 N–H and O–H groups in total. The number of benzene rings is 1. The minimum Gasteiger partial charge on any atom is -0.329 e. The molecule has 3 heteroatoms. The third-order valence-electron chi connectivity index (χ3n) is 4.54. The Morgan fingerprint density at radius 1 is 1.30 bits per heavy atom. The van der Waals surface area contributed by atoms with Crippen LogP contribution in [0.4, 0.5) is 0 Å². The summed E-state index contributed by atoms with van der Waals surface area (Å²) in [5.74, 6) is 0.854. The topological polar surface area (TPSA) is 29.3 Å². The molecule has 1 saturated carbocycles. The molecule has 0 aliphatic heterocycles. The fourth-order valence-electron chi connectivity index (χ4n) is 3.35. The van der Waals surface area contributed by atoms with E-state index in [4.69, 9.17) is 5.73 Å². The van der Waals surface area contributed by atoms with E-state index in [-0.39, 0.29) is 0 Å². The van der Waals surface area contributed by atoms with Crippen molar-refractivity contribution >= 4 is 15.9 Å². The van der Waals surface area contributed by atoms with Gasteiger partial charge >= 0.3 is 0 Å². The van der Waals surface area contributed by atoms with Crippen molar-refractivity contribution in [3.8, 4) is 0 Å². The van der Waals surface area contributed by atoms with E-state index < -0.39 is 0 Å². The van der Waals surface area contributed by atoms with Gasteiger partial charge in [-0.2, -0.15) is 0 Å². The fourth-order valence-corrected chi connectivity index (χ4v) is 4.11. The number of hydrogen-bond donors (Lipinski definition) is 1. The van der Waals surface area contributed by atoms with Crippen LogP contribution < -0.4 is 5.73 Å². The molecule has 112 valence electrons. The Labute approximate surface area is 131 Å². The highest BCUT2D eigenvalue weighted by atomic mass is 79.9. The van der Waals surface area contributed by atoms with Crippen molar-refractivity contribution in [1.82, 2.24) is 4.90 Å². The van der Waals surface area contributed by atoms with Crippen LogP contribution >= 0.6 is 15.9 Å². The second-order valence-corrected chi connectivity index (χ2v) is 7.07. The molecule has 0 saturated heterocycles. The second-order valence-electron chi connectivity index (χ2n) is 6.22. The van der Waals surface area contributed by atoms with E-state index in [1.165, 1.54) is 54.2 Å². The molecular weight excluding hydrogens is 312 g/mol. The molecule has 1 aliphatic rings. The molecule has 1 unspecified atom stereocenters. The number of halogens is 1. The summed E-state index contributed by atoms with van der Waals surface area (Å²) >= 11 is 3.70. The van der Waals surface area contributed by atoms with Gasteiger partial charge in [0.1, 0.15) is 0 Å². The molecule has 1 aromatic carbocycles. The number of aryl methyl sites for hydroxylation is 1. The first-order valence-corrected chi connectivity index (χ1v) is 8.57. The van der Waals surface area contributed by atoms with E-state index in [0.717, 1.165) is 5.92 Å². The zero-order valence-electron chi connectivity index (χ0n) is 12.7. The van der Waals surface area contributed by atoms with Crippen molar-refractivity contribution in [2.45, 2.75) is 45.1 Å². The highest BCUT2D eigenvalue weighted by Crippen LogP contribution is 2.30. The summed E-state index contributed by atoms with van der Waals surface area (Å²) < 4.78 is 1.18. The van der Waals surface area contributed by atoms with Crippen LogP contribution in [-0.2, 0) is 0 Å². The summed E-state index contributed by atoms with van der Waals surface area (Å²) in [7, 11) is 2.22. The summed E-state index contributed by atoms with van der Waals surface area (Å²) in [4.78, 5) is 2.45. The van der Waals surface area contributed by atoms with Crippen LogP contribution in [0.25, 0.3) is 0 Å². The predicted molar refractivity (Wildman–Crippen MR) is 89.9 cm³/mol. The zero-order valence-corrected chi connectivity index (χ0v) is 14.3. The van der Waals surface area contributed by atoms with Crippen molar-refractivity contribution in [3.63, 3.8) is 0 Å². The van der Waals surface area contributed by atoms with Crippen LogP contribution in [0.5, 0.6) is 0 Å². The van der Waals surface area contributed by atoms with Gasteiger partial charge in [-0.25, -0.2) is 0 Å². The summed E-state index contributed by atoms with van der Waals surface area (Å²) in [6.07, 6.45) is 7.00. The molecule has 0 amide bonds. The molecule has 0 spiro atoms. The monoisotopic (exact) mass is 338 g/mol. The summed E-state index contributed by atoms with van der Waals surface area (Å²) in [5, 5.41) is 0. The number of nitrogens with zero attached hydrogens (tertiary/aromatic N) is 1. The standard InChI is InChI=1S/C17H27BrN2/c1-13-8-9-15(16(18)10-13)17(11-19)20(2)12-14-6-4-3-5-7-14/h8-10,14,17H,3-7,11-12,19H2,1-2H3. The van der Waals surface area contributed by atoms with Gasteiger partial charge in [0.05, 0.1) is 0 Å². The van der Waals surface area contributed by atoms with Crippen LogP contribution in [0.1, 0.15) is 49.3 Å². The third-order valence-corrected chi connectivity index (χ3v) is 5.23. The molecule has 2 rings (SSSR count). The highest BCUT2D eigenvalue weighted by Gasteiger charge is 2.22. The number of hydrogen-bond acceptors (Lipinski definition) is 2. The second kappa shape index (κ2) is 7.58. The minimum absolute atomic E-state index is 0.312. The molecule has 2 nitrogen and oxygen atoms in total. The lowest BCUT2D eigenvalue weighted by atomic mass is 9.88. The first kappa shape index (κ1) is 16.0. The summed E-state index contributed by atoms with van der Waals surface area (Å²) in [5.41, 5.74) is 8.66. The van der Waals surface area contributed by atoms with Crippen LogP contribution in [0.15, 0.2) is 22.7 Å². The Balaban J connectivity index is 2.06. The van der Waals surface area contributed by atoms with E-state index in [1.54, 1.807) is 0 Å². The molecule has 1 aliphatic carbocycles. The predicted octanol–water partition coefficient (Wildman–Crippen LogP) is 4.27. The van der Waals surface area contributed by atoms with Gasteiger partial charge in [0.15, 0.2) is 0 Å².